The lowest BCUT2D eigenvalue weighted by Crippen LogP contribution is -2.25. The highest BCUT2D eigenvalue weighted by Crippen LogP contribution is 2.29. The first-order valence-corrected chi connectivity index (χ1v) is 10.4. The average Bonchev–Trinajstić information content (AvgIpc) is 3.28. The van der Waals surface area contributed by atoms with Gasteiger partial charge in [0.1, 0.15) is 12.4 Å². The Balaban J connectivity index is 0.00000341. The molecule has 0 aliphatic carbocycles. The Bertz CT molecular complexity index is 824. The number of ether oxygens (including phenoxy) is 3. The smallest absolute Gasteiger partial charge is 0.193 e. The molecule has 0 spiro atoms. The van der Waals surface area contributed by atoms with Crippen molar-refractivity contribution in [2.75, 3.05) is 52.3 Å². The number of hydrogen-bond acceptors (Lipinski definition) is 5. The highest BCUT2D eigenvalue weighted by molar-refractivity contribution is 14.0. The van der Waals surface area contributed by atoms with E-state index in [-0.39, 0.29) is 24.0 Å². The lowest BCUT2D eigenvalue weighted by atomic mass is 10.1. The topological polar surface area (TPSA) is 81.3 Å². The second kappa shape index (κ2) is 13.3. The third-order valence-corrected chi connectivity index (χ3v) is 5.14. The molecule has 2 aromatic carbocycles. The summed E-state index contributed by atoms with van der Waals surface area (Å²) in [7, 11) is 3.21. The number of benzene rings is 2. The number of guanidine groups is 1. The van der Waals surface area contributed by atoms with E-state index in [1.54, 1.807) is 14.2 Å². The molecule has 1 aliphatic heterocycles. The number of rotatable bonds is 10. The van der Waals surface area contributed by atoms with Crippen LogP contribution in [0.1, 0.15) is 18.4 Å². The maximum atomic E-state index is 6.01. The molecule has 1 aliphatic rings. The number of nitrogens with two attached hydrogens (primary N) is 1. The molecular formula is C23H33IN4O3. The molecule has 1 heterocycles. The Morgan fingerprint density at radius 2 is 1.74 bits per heavy atom. The second-order valence-corrected chi connectivity index (χ2v) is 7.25. The lowest BCUT2D eigenvalue weighted by molar-refractivity contribution is 0.238. The lowest BCUT2D eigenvalue weighted by Gasteiger charge is -2.15. The van der Waals surface area contributed by atoms with Gasteiger partial charge in [-0.15, -0.1) is 24.0 Å². The minimum absolute atomic E-state index is 0. The van der Waals surface area contributed by atoms with E-state index >= 15 is 0 Å². The first-order chi connectivity index (χ1) is 14.7. The normalized spacial score (nSPS) is 14.1. The molecule has 0 atom stereocenters. The van der Waals surface area contributed by atoms with Gasteiger partial charge >= 0.3 is 0 Å². The number of halogens is 1. The molecule has 7 nitrogen and oxygen atoms in total. The van der Waals surface area contributed by atoms with Gasteiger partial charge < -0.3 is 25.3 Å². The van der Waals surface area contributed by atoms with Crippen LogP contribution in [0.3, 0.4) is 0 Å². The number of anilines is 1. The zero-order chi connectivity index (χ0) is 21.2. The van der Waals surface area contributed by atoms with Crippen molar-refractivity contribution < 1.29 is 14.2 Å². The highest BCUT2D eigenvalue weighted by atomic mass is 127. The molecular weight excluding hydrogens is 507 g/mol. The molecule has 0 radical (unpaired) electrons. The van der Waals surface area contributed by atoms with Crippen molar-refractivity contribution in [1.82, 2.24) is 4.90 Å². The number of likely N-dealkylation sites (tertiary alicyclic amines) is 1. The summed E-state index contributed by atoms with van der Waals surface area (Å²) in [6.07, 6.45) is 3.43. The molecule has 0 bridgehead atoms. The number of nitrogens with one attached hydrogen (secondary N) is 1. The molecule has 0 saturated carbocycles. The summed E-state index contributed by atoms with van der Waals surface area (Å²) in [5, 5.41) is 3.08. The van der Waals surface area contributed by atoms with E-state index in [1.165, 1.54) is 31.5 Å². The monoisotopic (exact) mass is 540 g/mol. The molecule has 31 heavy (non-hydrogen) atoms. The fourth-order valence-corrected chi connectivity index (χ4v) is 3.46. The van der Waals surface area contributed by atoms with Gasteiger partial charge in [-0.25, -0.2) is 0 Å². The van der Waals surface area contributed by atoms with Crippen LogP contribution in [0.2, 0.25) is 0 Å². The summed E-state index contributed by atoms with van der Waals surface area (Å²) in [4.78, 5) is 6.85. The van der Waals surface area contributed by atoms with E-state index in [0.29, 0.717) is 24.0 Å². The van der Waals surface area contributed by atoms with E-state index in [1.807, 2.05) is 30.3 Å². The van der Waals surface area contributed by atoms with Gasteiger partial charge in [-0.3, -0.25) is 9.89 Å². The van der Waals surface area contributed by atoms with Crippen LogP contribution < -0.4 is 25.3 Å². The molecule has 1 saturated heterocycles. The molecule has 0 unspecified atom stereocenters. The fraction of sp³-hybridized carbons (Fsp3) is 0.435. The summed E-state index contributed by atoms with van der Waals surface area (Å²) in [5.74, 6) is 2.58. The van der Waals surface area contributed by atoms with E-state index in [2.05, 4.69) is 27.3 Å². The molecule has 0 amide bonds. The van der Waals surface area contributed by atoms with Gasteiger partial charge in [0.25, 0.3) is 0 Å². The van der Waals surface area contributed by atoms with Gasteiger partial charge in [-0.05, 0) is 62.2 Å². The molecule has 2 aromatic rings. The Morgan fingerprint density at radius 3 is 2.42 bits per heavy atom. The third kappa shape index (κ3) is 8.10. The predicted molar refractivity (Wildman–Crippen MR) is 136 cm³/mol. The standard InChI is InChI=1S/C23H32N4O3.HI/c1-28-21-10-7-19(17-22(21)29-2)26-23(24)25-12-11-18-5-8-20(9-6-18)30-16-15-27-13-3-4-14-27;/h5-10,17H,3-4,11-16H2,1-2H3,(H3,24,25,26);1H. The van der Waals surface area contributed by atoms with E-state index in [9.17, 15) is 0 Å². The van der Waals surface area contributed by atoms with Crippen molar-refractivity contribution in [3.8, 4) is 17.2 Å². The van der Waals surface area contributed by atoms with Gasteiger partial charge in [0.2, 0.25) is 0 Å². The molecule has 170 valence electrons. The maximum absolute atomic E-state index is 6.01. The highest BCUT2D eigenvalue weighted by Gasteiger charge is 2.10. The van der Waals surface area contributed by atoms with Crippen LogP contribution in [0, 0.1) is 0 Å². The van der Waals surface area contributed by atoms with E-state index < -0.39 is 0 Å². The Kier molecular flexibility index (Phi) is 10.7. The number of hydrogen-bond donors (Lipinski definition) is 2. The molecule has 3 N–H and O–H groups in total. The van der Waals surface area contributed by atoms with Crippen LogP contribution in [-0.2, 0) is 6.42 Å². The first-order valence-electron chi connectivity index (χ1n) is 10.4. The summed E-state index contributed by atoms with van der Waals surface area (Å²) < 4.78 is 16.4. The van der Waals surface area contributed by atoms with E-state index in [4.69, 9.17) is 19.9 Å². The Hall–Kier alpha value is -2.20. The zero-order valence-electron chi connectivity index (χ0n) is 18.3. The number of aliphatic imine (C=N–C) groups is 1. The quantitative estimate of drug-likeness (QED) is 0.272. The van der Waals surface area contributed by atoms with Crippen molar-refractivity contribution in [3.05, 3.63) is 48.0 Å². The van der Waals surface area contributed by atoms with Gasteiger partial charge in [-0.1, -0.05) is 12.1 Å². The summed E-state index contributed by atoms with van der Waals surface area (Å²) in [5.41, 5.74) is 8.00. The predicted octanol–water partition coefficient (Wildman–Crippen LogP) is 3.77. The van der Waals surface area contributed by atoms with E-state index in [0.717, 1.165) is 31.0 Å². The van der Waals surface area contributed by atoms with Gasteiger partial charge in [0, 0.05) is 24.8 Å². The Labute approximate surface area is 202 Å². The van der Waals surface area contributed by atoms with Crippen molar-refractivity contribution in [2.24, 2.45) is 10.7 Å². The molecule has 8 heteroatoms. The van der Waals surface area contributed by atoms with Crippen LogP contribution in [-0.4, -0.2) is 57.9 Å². The van der Waals surface area contributed by atoms with Crippen molar-refractivity contribution in [2.45, 2.75) is 19.3 Å². The minimum atomic E-state index is 0. The van der Waals surface area contributed by atoms with Crippen molar-refractivity contribution in [3.63, 3.8) is 0 Å². The van der Waals surface area contributed by atoms with Crippen LogP contribution in [0.4, 0.5) is 5.69 Å². The minimum Gasteiger partial charge on any atom is -0.493 e. The van der Waals surface area contributed by atoms with Crippen LogP contribution in [0.25, 0.3) is 0 Å². The SMILES string of the molecule is COc1ccc(NC(N)=NCCc2ccc(OCCN3CCCC3)cc2)cc1OC.I. The second-order valence-electron chi connectivity index (χ2n) is 7.25. The third-order valence-electron chi connectivity index (χ3n) is 5.14. The van der Waals surface area contributed by atoms with Crippen molar-refractivity contribution in [1.29, 1.82) is 0 Å². The Morgan fingerprint density at radius 1 is 1.03 bits per heavy atom. The fourth-order valence-electron chi connectivity index (χ4n) is 3.46. The summed E-state index contributed by atoms with van der Waals surface area (Å²) >= 11 is 0. The van der Waals surface area contributed by atoms with Crippen molar-refractivity contribution >= 4 is 35.6 Å². The number of nitrogens with zero attached hydrogens (tertiary/aromatic N) is 2. The maximum Gasteiger partial charge on any atom is 0.193 e. The first kappa shape index (κ1) is 25.1. The van der Waals surface area contributed by atoms with Gasteiger partial charge in [-0.2, -0.15) is 0 Å². The molecule has 3 rings (SSSR count). The van der Waals surface area contributed by atoms with Gasteiger partial charge in [0.05, 0.1) is 14.2 Å². The average molecular weight is 540 g/mol. The zero-order valence-corrected chi connectivity index (χ0v) is 20.6. The molecule has 0 aromatic heterocycles. The van der Waals surface area contributed by atoms with Crippen LogP contribution >= 0.6 is 24.0 Å². The largest absolute Gasteiger partial charge is 0.493 e. The number of methoxy groups -OCH3 is 2. The summed E-state index contributed by atoms with van der Waals surface area (Å²) in [6, 6.07) is 13.7. The summed E-state index contributed by atoms with van der Waals surface area (Å²) in [6.45, 7) is 4.74. The molecule has 1 fully saturated rings. The van der Waals surface area contributed by atoms with Crippen LogP contribution in [0.5, 0.6) is 17.2 Å². The van der Waals surface area contributed by atoms with Gasteiger partial charge in [0.15, 0.2) is 17.5 Å². The van der Waals surface area contributed by atoms with Crippen LogP contribution in [0.15, 0.2) is 47.5 Å².